The molecule has 5 aromatic rings. The molecule has 0 unspecified atom stereocenters. The van der Waals surface area contributed by atoms with Crippen LogP contribution in [0.3, 0.4) is 0 Å². The molecule has 3 aromatic heterocycles. The van der Waals surface area contributed by atoms with Gasteiger partial charge in [-0.3, -0.25) is 5.10 Å². The number of hydrogen-bond donors (Lipinski definition) is 2. The van der Waals surface area contributed by atoms with E-state index < -0.39 is 5.95 Å². The van der Waals surface area contributed by atoms with E-state index in [0.717, 1.165) is 36.0 Å². The molecule has 2 N–H and O–H groups in total. The fourth-order valence-corrected chi connectivity index (χ4v) is 4.28. The minimum Gasteiger partial charge on any atom is -0.312 e. The number of H-pyrrole nitrogens is 1. The molecule has 4 heterocycles. The van der Waals surface area contributed by atoms with E-state index in [2.05, 4.69) is 49.0 Å². The van der Waals surface area contributed by atoms with E-state index in [-0.39, 0.29) is 12.4 Å². The van der Waals surface area contributed by atoms with E-state index in [9.17, 15) is 4.39 Å². The second-order valence-corrected chi connectivity index (χ2v) is 8.01. The number of nitrogens with one attached hydrogen (secondary N) is 2. The maximum Gasteiger partial charge on any atom is 0.220 e. The SMILES string of the molecule is Cl.Fc1ncccc1-c1ccc2[nH]nc(-c3cn(Cc4ccc5c(c4)CNCC5)nn3)c2c1. The molecule has 0 saturated heterocycles. The number of halogens is 2. The summed E-state index contributed by atoms with van der Waals surface area (Å²) in [6.45, 7) is 2.57. The largest absolute Gasteiger partial charge is 0.312 e. The molecule has 0 aliphatic carbocycles. The van der Waals surface area contributed by atoms with Crippen molar-refractivity contribution in [3.8, 4) is 22.5 Å². The van der Waals surface area contributed by atoms with Crippen LogP contribution in [0.1, 0.15) is 16.7 Å². The van der Waals surface area contributed by atoms with Gasteiger partial charge in [-0.2, -0.15) is 9.49 Å². The predicted octanol–water partition coefficient (Wildman–Crippen LogP) is 4.14. The Hall–Kier alpha value is -3.62. The molecule has 0 bridgehead atoms. The quantitative estimate of drug-likeness (QED) is 0.393. The van der Waals surface area contributed by atoms with Crippen molar-refractivity contribution in [1.82, 2.24) is 35.5 Å². The smallest absolute Gasteiger partial charge is 0.220 e. The van der Waals surface area contributed by atoms with Crippen LogP contribution in [0.2, 0.25) is 0 Å². The number of nitrogens with zero attached hydrogens (tertiary/aromatic N) is 5. The standard InChI is InChI=1S/C24H20FN7.ClH/c25-24-19(2-1-8-27-24)17-5-6-21-20(11-17)23(30-28-21)22-14-32(31-29-22)13-15-3-4-16-7-9-26-12-18(16)10-15;/h1-6,8,10-11,14,26H,7,9,12-13H2,(H,28,30);1H. The topological polar surface area (TPSA) is 84.3 Å². The van der Waals surface area contributed by atoms with Crippen LogP contribution in [0, 0.1) is 5.95 Å². The molecule has 2 aromatic carbocycles. The van der Waals surface area contributed by atoms with Crippen LogP contribution in [0.4, 0.5) is 4.39 Å². The lowest BCUT2D eigenvalue weighted by molar-refractivity contribution is 0.587. The first-order chi connectivity index (χ1) is 15.7. The molecule has 0 atom stereocenters. The highest BCUT2D eigenvalue weighted by molar-refractivity contribution is 5.94. The van der Waals surface area contributed by atoms with E-state index in [1.807, 2.05) is 29.1 Å². The Kier molecular flexibility index (Phi) is 5.62. The van der Waals surface area contributed by atoms with Gasteiger partial charge >= 0.3 is 0 Å². The second-order valence-electron chi connectivity index (χ2n) is 8.01. The monoisotopic (exact) mass is 461 g/mol. The Bertz CT molecular complexity index is 1440. The Morgan fingerprint density at radius 1 is 1.06 bits per heavy atom. The highest BCUT2D eigenvalue weighted by atomic mass is 35.5. The Morgan fingerprint density at radius 2 is 2.00 bits per heavy atom. The van der Waals surface area contributed by atoms with Crippen LogP contribution >= 0.6 is 12.4 Å². The molecule has 9 heteroatoms. The molecule has 0 amide bonds. The molecule has 166 valence electrons. The van der Waals surface area contributed by atoms with Crippen molar-refractivity contribution in [2.45, 2.75) is 19.5 Å². The summed E-state index contributed by atoms with van der Waals surface area (Å²) in [5.74, 6) is -0.497. The number of aromatic amines is 1. The Labute approximate surface area is 195 Å². The normalized spacial score (nSPS) is 13.0. The first-order valence-corrected chi connectivity index (χ1v) is 10.6. The summed E-state index contributed by atoms with van der Waals surface area (Å²) in [6, 6.07) is 15.7. The molecule has 0 saturated carbocycles. The summed E-state index contributed by atoms with van der Waals surface area (Å²) in [7, 11) is 0. The zero-order valence-corrected chi connectivity index (χ0v) is 18.4. The maximum atomic E-state index is 14.2. The summed E-state index contributed by atoms with van der Waals surface area (Å²) in [5, 5.41) is 20.4. The molecule has 1 aliphatic heterocycles. The van der Waals surface area contributed by atoms with Gasteiger partial charge in [0.05, 0.1) is 18.3 Å². The van der Waals surface area contributed by atoms with Gasteiger partial charge in [-0.05, 0) is 59.5 Å². The van der Waals surface area contributed by atoms with Crippen molar-refractivity contribution in [3.63, 3.8) is 0 Å². The van der Waals surface area contributed by atoms with E-state index in [1.54, 1.807) is 12.1 Å². The highest BCUT2D eigenvalue weighted by Gasteiger charge is 2.15. The lowest BCUT2D eigenvalue weighted by Crippen LogP contribution is -2.23. The number of aromatic nitrogens is 6. The van der Waals surface area contributed by atoms with Gasteiger partial charge in [-0.15, -0.1) is 17.5 Å². The first kappa shape index (κ1) is 21.2. The van der Waals surface area contributed by atoms with Crippen LogP contribution in [-0.2, 0) is 19.5 Å². The minimum atomic E-state index is -0.497. The summed E-state index contributed by atoms with van der Waals surface area (Å²) < 4.78 is 16.0. The van der Waals surface area contributed by atoms with Crippen LogP contribution in [0.5, 0.6) is 0 Å². The molecule has 1 aliphatic rings. The zero-order valence-electron chi connectivity index (χ0n) is 17.6. The number of hydrogen-bond acceptors (Lipinski definition) is 5. The average Bonchev–Trinajstić information content (AvgIpc) is 3.45. The molecule has 0 radical (unpaired) electrons. The summed E-state index contributed by atoms with van der Waals surface area (Å²) in [5.41, 5.74) is 7.34. The lowest BCUT2D eigenvalue weighted by atomic mass is 9.98. The van der Waals surface area contributed by atoms with Crippen molar-refractivity contribution in [2.75, 3.05) is 6.54 Å². The van der Waals surface area contributed by atoms with Crippen molar-refractivity contribution in [1.29, 1.82) is 0 Å². The van der Waals surface area contributed by atoms with Crippen LogP contribution in [-0.4, -0.2) is 36.7 Å². The van der Waals surface area contributed by atoms with Gasteiger partial charge in [0.1, 0.15) is 11.4 Å². The van der Waals surface area contributed by atoms with Crippen molar-refractivity contribution in [3.05, 3.63) is 83.6 Å². The first-order valence-electron chi connectivity index (χ1n) is 10.6. The number of pyridine rings is 1. The summed E-state index contributed by atoms with van der Waals surface area (Å²) in [4.78, 5) is 3.75. The van der Waals surface area contributed by atoms with Crippen LogP contribution in [0.15, 0.2) is 60.9 Å². The lowest BCUT2D eigenvalue weighted by Gasteiger charge is -2.17. The second kappa shape index (κ2) is 8.73. The van der Waals surface area contributed by atoms with E-state index in [0.29, 0.717) is 23.5 Å². The predicted molar refractivity (Wildman–Crippen MR) is 127 cm³/mol. The summed E-state index contributed by atoms with van der Waals surface area (Å²) in [6.07, 6.45) is 4.41. The van der Waals surface area contributed by atoms with Gasteiger partial charge in [0.2, 0.25) is 5.95 Å². The Morgan fingerprint density at radius 3 is 2.91 bits per heavy atom. The molecule has 6 rings (SSSR count). The molecular weight excluding hydrogens is 441 g/mol. The van der Waals surface area contributed by atoms with Gasteiger partial charge in [0.15, 0.2) is 0 Å². The van der Waals surface area contributed by atoms with Crippen LogP contribution in [0.25, 0.3) is 33.4 Å². The van der Waals surface area contributed by atoms with E-state index in [4.69, 9.17) is 0 Å². The van der Waals surface area contributed by atoms with Gasteiger partial charge in [0, 0.05) is 23.7 Å². The maximum absolute atomic E-state index is 14.2. The van der Waals surface area contributed by atoms with Crippen LogP contribution < -0.4 is 5.32 Å². The highest BCUT2D eigenvalue weighted by Crippen LogP contribution is 2.30. The Balaban J connectivity index is 0.00000228. The van der Waals surface area contributed by atoms with Crippen molar-refractivity contribution >= 4 is 23.3 Å². The van der Waals surface area contributed by atoms with Crippen molar-refractivity contribution in [2.24, 2.45) is 0 Å². The number of fused-ring (bicyclic) bond motifs is 2. The van der Waals surface area contributed by atoms with Gasteiger partial charge in [-0.25, -0.2) is 9.67 Å². The van der Waals surface area contributed by atoms with Gasteiger partial charge in [-0.1, -0.05) is 29.5 Å². The number of benzene rings is 2. The fourth-order valence-electron chi connectivity index (χ4n) is 4.28. The van der Waals surface area contributed by atoms with Gasteiger partial charge in [0.25, 0.3) is 0 Å². The molecule has 33 heavy (non-hydrogen) atoms. The molecule has 0 fully saturated rings. The summed E-state index contributed by atoms with van der Waals surface area (Å²) >= 11 is 0. The third-order valence-corrected chi connectivity index (χ3v) is 5.92. The van der Waals surface area contributed by atoms with Gasteiger partial charge < -0.3 is 5.32 Å². The van der Waals surface area contributed by atoms with E-state index in [1.165, 1.54) is 22.9 Å². The third kappa shape index (κ3) is 3.99. The molecule has 7 nitrogen and oxygen atoms in total. The zero-order chi connectivity index (χ0) is 21.5. The fraction of sp³-hybridized carbons (Fsp3) is 0.167. The minimum absolute atomic E-state index is 0. The number of rotatable bonds is 4. The van der Waals surface area contributed by atoms with E-state index >= 15 is 0 Å². The third-order valence-electron chi connectivity index (χ3n) is 5.92. The van der Waals surface area contributed by atoms with Crippen molar-refractivity contribution < 1.29 is 4.39 Å². The molecular formula is C24H21ClFN7. The molecule has 0 spiro atoms. The average molecular weight is 462 g/mol.